The molecule has 1 aliphatic heterocycles. The first-order valence-corrected chi connectivity index (χ1v) is 6.54. The fourth-order valence-electron chi connectivity index (χ4n) is 2.86. The van der Waals surface area contributed by atoms with Gasteiger partial charge in [-0.1, -0.05) is 12.1 Å². The van der Waals surface area contributed by atoms with Crippen molar-refractivity contribution in [1.29, 1.82) is 0 Å². The third-order valence-electron chi connectivity index (χ3n) is 3.77. The summed E-state index contributed by atoms with van der Waals surface area (Å²) in [6.07, 6.45) is 2.91. The topological polar surface area (TPSA) is 46.6 Å². The number of ether oxygens (including phenoxy) is 1. The summed E-state index contributed by atoms with van der Waals surface area (Å²) < 4.78 is 4.92. The first-order valence-electron chi connectivity index (χ1n) is 6.54. The third kappa shape index (κ3) is 2.22. The molecule has 0 atom stereocenters. The minimum atomic E-state index is -0.364. The van der Waals surface area contributed by atoms with Crippen molar-refractivity contribution >= 4 is 24.1 Å². The minimum absolute atomic E-state index is 0.219. The highest BCUT2D eigenvalue weighted by Gasteiger charge is 2.32. The summed E-state index contributed by atoms with van der Waals surface area (Å²) in [4.78, 5) is 23.6. The molecule has 0 N–H and O–H groups in total. The molecule has 1 aromatic carbocycles. The van der Waals surface area contributed by atoms with Crippen molar-refractivity contribution in [2.24, 2.45) is 0 Å². The van der Waals surface area contributed by atoms with E-state index in [0.29, 0.717) is 6.47 Å². The predicted molar refractivity (Wildman–Crippen MR) is 78.3 cm³/mol. The molecule has 0 aromatic heterocycles. The number of nitrogens with zero attached hydrogens (tertiary/aromatic N) is 1. The Bertz CT molecular complexity index is 588. The van der Waals surface area contributed by atoms with Gasteiger partial charge in [-0.15, -0.1) is 0 Å². The van der Waals surface area contributed by atoms with E-state index in [4.69, 9.17) is 4.74 Å². The van der Waals surface area contributed by atoms with Crippen molar-refractivity contribution in [2.75, 3.05) is 4.90 Å². The SMILES string of the molecule is CC1=CC(C)(C)N(C=O)c2ccc(C)c(COC=O)c21. The zero-order valence-electron chi connectivity index (χ0n) is 12.3. The van der Waals surface area contributed by atoms with Gasteiger partial charge in [-0.2, -0.15) is 0 Å². The molecule has 4 heteroatoms. The molecule has 1 aliphatic rings. The molecule has 106 valence electrons. The van der Waals surface area contributed by atoms with E-state index in [-0.39, 0.29) is 12.1 Å². The van der Waals surface area contributed by atoms with Gasteiger partial charge < -0.3 is 9.64 Å². The lowest BCUT2D eigenvalue weighted by Crippen LogP contribution is -2.44. The Morgan fingerprint density at radius 1 is 1.25 bits per heavy atom. The lowest BCUT2D eigenvalue weighted by Gasteiger charge is -2.40. The highest BCUT2D eigenvalue weighted by atomic mass is 16.5. The third-order valence-corrected chi connectivity index (χ3v) is 3.77. The predicted octanol–water partition coefficient (Wildman–Crippen LogP) is 2.83. The Hall–Kier alpha value is -2.10. The summed E-state index contributed by atoms with van der Waals surface area (Å²) in [5, 5.41) is 0. The molecule has 0 radical (unpaired) electrons. The maximum atomic E-state index is 11.5. The fraction of sp³-hybridized carbons (Fsp3) is 0.375. The molecule has 0 aliphatic carbocycles. The van der Waals surface area contributed by atoms with E-state index in [1.165, 1.54) is 0 Å². The summed E-state index contributed by atoms with van der Waals surface area (Å²) in [6.45, 7) is 8.65. The standard InChI is InChI=1S/C16H19NO3/c1-11-5-6-14-15(13(11)8-20-10-19)12(2)7-16(3,4)17(14)9-18/h5-7,9-10H,8H2,1-4H3. The molecule has 0 unspecified atom stereocenters. The zero-order chi connectivity index (χ0) is 14.9. The van der Waals surface area contributed by atoms with Crippen LogP contribution in [0.25, 0.3) is 5.57 Å². The molecule has 20 heavy (non-hydrogen) atoms. The summed E-state index contributed by atoms with van der Waals surface area (Å²) in [6, 6.07) is 3.90. The van der Waals surface area contributed by atoms with E-state index >= 15 is 0 Å². The van der Waals surface area contributed by atoms with Crippen LogP contribution >= 0.6 is 0 Å². The maximum absolute atomic E-state index is 11.5. The Kier molecular flexibility index (Phi) is 3.66. The Balaban J connectivity index is 2.66. The smallest absolute Gasteiger partial charge is 0.293 e. The first-order chi connectivity index (χ1) is 9.42. The number of fused-ring (bicyclic) bond motifs is 1. The summed E-state index contributed by atoms with van der Waals surface area (Å²) in [5.74, 6) is 0. The normalized spacial score (nSPS) is 16.2. The molecule has 1 aromatic rings. The van der Waals surface area contributed by atoms with Gasteiger partial charge in [-0.05, 0) is 44.9 Å². The summed E-state index contributed by atoms with van der Waals surface area (Å²) >= 11 is 0. The van der Waals surface area contributed by atoms with E-state index < -0.39 is 0 Å². The van der Waals surface area contributed by atoms with Gasteiger partial charge in [0.05, 0.1) is 11.2 Å². The molecule has 0 saturated heterocycles. The van der Waals surface area contributed by atoms with Crippen molar-refractivity contribution < 1.29 is 14.3 Å². The summed E-state index contributed by atoms with van der Waals surface area (Å²) in [5.41, 5.74) is 4.57. The second-order valence-electron chi connectivity index (χ2n) is 5.62. The quantitative estimate of drug-likeness (QED) is 0.792. The molecule has 0 bridgehead atoms. The van der Waals surface area contributed by atoms with E-state index in [0.717, 1.165) is 34.4 Å². The molecule has 0 saturated carbocycles. The fourth-order valence-corrected chi connectivity index (χ4v) is 2.86. The van der Waals surface area contributed by atoms with E-state index in [9.17, 15) is 9.59 Å². The number of benzene rings is 1. The zero-order valence-corrected chi connectivity index (χ0v) is 12.3. The van der Waals surface area contributed by atoms with Crippen molar-refractivity contribution in [2.45, 2.75) is 39.8 Å². The van der Waals surface area contributed by atoms with Crippen LogP contribution in [0, 0.1) is 6.92 Å². The molecule has 0 fully saturated rings. The molecule has 2 rings (SSSR count). The lowest BCUT2D eigenvalue weighted by molar-refractivity contribution is -0.129. The van der Waals surface area contributed by atoms with Crippen LogP contribution in [0.4, 0.5) is 5.69 Å². The number of hydrogen-bond acceptors (Lipinski definition) is 3. The number of aryl methyl sites for hydroxylation is 1. The van der Waals surface area contributed by atoms with Gasteiger partial charge in [-0.3, -0.25) is 9.59 Å². The molecule has 0 spiro atoms. The first kappa shape index (κ1) is 14.3. The number of carbonyl (C=O) groups is 2. The van der Waals surface area contributed by atoms with Gasteiger partial charge in [-0.25, -0.2) is 0 Å². The van der Waals surface area contributed by atoms with E-state index in [2.05, 4.69) is 6.08 Å². The Morgan fingerprint density at radius 2 is 1.95 bits per heavy atom. The van der Waals surface area contributed by atoms with Crippen molar-refractivity contribution in [3.8, 4) is 0 Å². The van der Waals surface area contributed by atoms with Gasteiger partial charge in [0.15, 0.2) is 0 Å². The van der Waals surface area contributed by atoms with Gasteiger partial charge in [0.2, 0.25) is 6.41 Å². The highest BCUT2D eigenvalue weighted by Crippen LogP contribution is 2.40. The molecular formula is C16H19NO3. The maximum Gasteiger partial charge on any atom is 0.293 e. The van der Waals surface area contributed by atoms with Gasteiger partial charge >= 0.3 is 0 Å². The van der Waals surface area contributed by atoms with Crippen LogP contribution in [-0.2, 0) is 20.9 Å². The number of rotatable bonds is 4. The van der Waals surface area contributed by atoms with Gasteiger partial charge in [0.1, 0.15) is 6.61 Å². The average molecular weight is 273 g/mol. The number of anilines is 1. The molecule has 1 heterocycles. The molecular weight excluding hydrogens is 254 g/mol. The second-order valence-corrected chi connectivity index (χ2v) is 5.62. The van der Waals surface area contributed by atoms with Crippen LogP contribution in [0.2, 0.25) is 0 Å². The number of amides is 1. The molecule has 1 amide bonds. The minimum Gasteiger partial charge on any atom is -0.463 e. The Morgan fingerprint density at radius 3 is 2.55 bits per heavy atom. The van der Waals surface area contributed by atoms with Crippen LogP contribution in [0.1, 0.15) is 37.5 Å². The van der Waals surface area contributed by atoms with Crippen LogP contribution in [0.5, 0.6) is 0 Å². The van der Waals surface area contributed by atoms with E-state index in [1.54, 1.807) is 4.90 Å². The van der Waals surface area contributed by atoms with E-state index in [1.807, 2.05) is 39.8 Å². The van der Waals surface area contributed by atoms with Crippen molar-refractivity contribution in [3.05, 3.63) is 34.9 Å². The van der Waals surface area contributed by atoms with Gasteiger partial charge in [0, 0.05) is 11.1 Å². The average Bonchev–Trinajstić information content (AvgIpc) is 2.37. The number of hydrogen-bond donors (Lipinski definition) is 0. The Labute approximate surface area is 119 Å². The van der Waals surface area contributed by atoms with Crippen LogP contribution in [-0.4, -0.2) is 18.4 Å². The summed E-state index contributed by atoms with van der Waals surface area (Å²) in [7, 11) is 0. The number of carbonyl (C=O) groups excluding carboxylic acids is 2. The van der Waals surface area contributed by atoms with Crippen LogP contribution in [0.3, 0.4) is 0 Å². The van der Waals surface area contributed by atoms with Crippen molar-refractivity contribution in [3.63, 3.8) is 0 Å². The monoisotopic (exact) mass is 273 g/mol. The largest absolute Gasteiger partial charge is 0.463 e. The van der Waals surface area contributed by atoms with Gasteiger partial charge in [0.25, 0.3) is 6.47 Å². The lowest BCUT2D eigenvalue weighted by atomic mass is 9.85. The number of allylic oxidation sites excluding steroid dienone is 1. The van der Waals surface area contributed by atoms with Crippen LogP contribution in [0.15, 0.2) is 18.2 Å². The van der Waals surface area contributed by atoms with Crippen LogP contribution < -0.4 is 4.90 Å². The second kappa shape index (κ2) is 5.12. The molecule has 4 nitrogen and oxygen atoms in total. The van der Waals surface area contributed by atoms with Crippen molar-refractivity contribution in [1.82, 2.24) is 0 Å². The highest BCUT2D eigenvalue weighted by molar-refractivity contribution is 5.92.